The van der Waals surface area contributed by atoms with Crippen LogP contribution in [-0.4, -0.2) is 18.5 Å². The van der Waals surface area contributed by atoms with Crippen LogP contribution in [-0.2, 0) is 6.54 Å². The number of likely N-dealkylation sites (N-methyl/N-ethyl adjacent to an activating group) is 1. The number of fused-ring (bicyclic) bond motifs is 1. The quantitative estimate of drug-likeness (QED) is 0.710. The molecule has 2 aromatic carbocycles. The Kier molecular flexibility index (Phi) is 6.25. The molecule has 1 nitrogen and oxygen atoms in total. The SMILES string of the molecule is CCC(C)C#C/C=C/CN(C)Cc1cccc2ccccc12. The fourth-order valence-corrected chi connectivity index (χ4v) is 2.37. The summed E-state index contributed by atoms with van der Waals surface area (Å²) in [6, 6.07) is 15.1. The predicted octanol–water partition coefficient (Wildman–Crippen LogP) is 4.88. The number of hydrogen-bond donors (Lipinski definition) is 0. The Bertz CT molecular complexity index is 682. The Labute approximate surface area is 134 Å². The van der Waals surface area contributed by atoms with E-state index in [2.05, 4.69) is 86.2 Å². The van der Waals surface area contributed by atoms with Gasteiger partial charge in [-0.15, -0.1) is 0 Å². The highest BCUT2D eigenvalue weighted by Crippen LogP contribution is 2.19. The number of benzene rings is 2. The first-order valence-electron chi connectivity index (χ1n) is 8.02. The molecule has 114 valence electrons. The fourth-order valence-electron chi connectivity index (χ4n) is 2.37. The van der Waals surface area contributed by atoms with Crippen LogP contribution >= 0.6 is 0 Å². The summed E-state index contributed by atoms with van der Waals surface area (Å²) in [6.45, 7) is 6.19. The third-order valence-electron chi connectivity index (χ3n) is 3.88. The summed E-state index contributed by atoms with van der Waals surface area (Å²) in [5.74, 6) is 6.84. The highest BCUT2D eigenvalue weighted by atomic mass is 15.1. The number of rotatable bonds is 5. The zero-order valence-electron chi connectivity index (χ0n) is 13.8. The topological polar surface area (TPSA) is 3.24 Å². The molecular weight excluding hydrogens is 266 g/mol. The van der Waals surface area contributed by atoms with Gasteiger partial charge in [0.1, 0.15) is 0 Å². The van der Waals surface area contributed by atoms with E-state index in [1.54, 1.807) is 0 Å². The average molecular weight is 291 g/mol. The predicted molar refractivity (Wildman–Crippen MR) is 96.7 cm³/mol. The Morgan fingerprint density at radius 2 is 1.91 bits per heavy atom. The van der Waals surface area contributed by atoms with Crippen LogP contribution in [0.1, 0.15) is 25.8 Å². The van der Waals surface area contributed by atoms with E-state index in [0.29, 0.717) is 5.92 Å². The van der Waals surface area contributed by atoms with Crippen molar-refractivity contribution in [3.05, 3.63) is 60.2 Å². The van der Waals surface area contributed by atoms with E-state index in [9.17, 15) is 0 Å². The van der Waals surface area contributed by atoms with Gasteiger partial charge in [0.25, 0.3) is 0 Å². The van der Waals surface area contributed by atoms with Gasteiger partial charge < -0.3 is 0 Å². The molecule has 0 radical (unpaired) electrons. The van der Waals surface area contributed by atoms with Gasteiger partial charge in [-0.1, -0.05) is 74.2 Å². The van der Waals surface area contributed by atoms with Crippen LogP contribution < -0.4 is 0 Å². The average Bonchev–Trinajstić information content (AvgIpc) is 2.54. The molecule has 0 N–H and O–H groups in total. The lowest BCUT2D eigenvalue weighted by Crippen LogP contribution is -2.17. The van der Waals surface area contributed by atoms with E-state index >= 15 is 0 Å². The van der Waals surface area contributed by atoms with Gasteiger partial charge in [-0.3, -0.25) is 4.90 Å². The van der Waals surface area contributed by atoms with E-state index in [-0.39, 0.29) is 0 Å². The van der Waals surface area contributed by atoms with Crippen molar-refractivity contribution in [3.8, 4) is 11.8 Å². The highest BCUT2D eigenvalue weighted by Gasteiger charge is 2.02. The maximum Gasteiger partial charge on any atom is 0.0240 e. The standard InChI is InChI=1S/C21H25N/c1-4-18(2)11-6-5-9-16-22(3)17-20-14-10-13-19-12-7-8-15-21(19)20/h5,7-10,12-15,18H,4,16-17H2,1-3H3/b9-5+. The molecule has 0 aliphatic rings. The van der Waals surface area contributed by atoms with E-state index < -0.39 is 0 Å². The van der Waals surface area contributed by atoms with Gasteiger partial charge in [-0.05, 0) is 35.9 Å². The zero-order valence-corrected chi connectivity index (χ0v) is 13.8. The first-order chi connectivity index (χ1) is 10.7. The number of allylic oxidation sites excluding steroid dienone is 1. The second-order valence-electron chi connectivity index (χ2n) is 5.84. The molecule has 1 heteroatoms. The van der Waals surface area contributed by atoms with Crippen LogP contribution in [0.5, 0.6) is 0 Å². The lowest BCUT2D eigenvalue weighted by atomic mass is 10.0. The molecule has 0 heterocycles. The molecule has 1 unspecified atom stereocenters. The molecule has 0 spiro atoms. The molecule has 1 atom stereocenters. The molecular formula is C21H25N. The minimum absolute atomic E-state index is 0.484. The zero-order chi connectivity index (χ0) is 15.8. The molecule has 0 aliphatic carbocycles. The third-order valence-corrected chi connectivity index (χ3v) is 3.88. The molecule has 0 amide bonds. The normalized spacial score (nSPS) is 12.5. The Balaban J connectivity index is 1.95. The summed E-state index contributed by atoms with van der Waals surface area (Å²) in [6.07, 6.45) is 5.23. The minimum atomic E-state index is 0.484. The Morgan fingerprint density at radius 3 is 2.73 bits per heavy atom. The monoisotopic (exact) mass is 291 g/mol. The number of hydrogen-bond acceptors (Lipinski definition) is 1. The maximum absolute atomic E-state index is 3.22. The van der Waals surface area contributed by atoms with Crippen molar-refractivity contribution in [2.75, 3.05) is 13.6 Å². The van der Waals surface area contributed by atoms with Crippen molar-refractivity contribution in [2.24, 2.45) is 5.92 Å². The molecule has 0 aliphatic heterocycles. The Morgan fingerprint density at radius 1 is 1.14 bits per heavy atom. The molecule has 2 rings (SSSR count). The molecule has 0 saturated heterocycles. The largest absolute Gasteiger partial charge is 0.298 e. The summed E-state index contributed by atoms with van der Waals surface area (Å²) >= 11 is 0. The second kappa shape index (κ2) is 8.41. The summed E-state index contributed by atoms with van der Waals surface area (Å²) in [5, 5.41) is 2.65. The smallest absolute Gasteiger partial charge is 0.0240 e. The lowest BCUT2D eigenvalue weighted by molar-refractivity contribution is 0.365. The van der Waals surface area contributed by atoms with Crippen LogP contribution in [0.15, 0.2) is 54.6 Å². The van der Waals surface area contributed by atoms with Gasteiger partial charge in [0.15, 0.2) is 0 Å². The van der Waals surface area contributed by atoms with Crippen molar-refractivity contribution < 1.29 is 0 Å². The first kappa shape index (κ1) is 16.3. The number of nitrogens with zero attached hydrogens (tertiary/aromatic N) is 1. The molecule has 22 heavy (non-hydrogen) atoms. The van der Waals surface area contributed by atoms with Gasteiger partial charge in [-0.25, -0.2) is 0 Å². The maximum atomic E-state index is 3.22. The van der Waals surface area contributed by atoms with Crippen molar-refractivity contribution in [3.63, 3.8) is 0 Å². The van der Waals surface area contributed by atoms with Crippen molar-refractivity contribution in [1.82, 2.24) is 4.90 Å². The summed E-state index contributed by atoms with van der Waals surface area (Å²) in [5.41, 5.74) is 1.37. The molecule has 0 aromatic heterocycles. The molecule has 0 fully saturated rings. The molecule has 2 aromatic rings. The van der Waals surface area contributed by atoms with Crippen molar-refractivity contribution in [1.29, 1.82) is 0 Å². The third kappa shape index (κ3) is 4.76. The van der Waals surface area contributed by atoms with Gasteiger partial charge >= 0.3 is 0 Å². The summed E-state index contributed by atoms with van der Waals surface area (Å²) in [7, 11) is 2.15. The van der Waals surface area contributed by atoms with Crippen LogP contribution in [0.2, 0.25) is 0 Å². The van der Waals surface area contributed by atoms with Crippen molar-refractivity contribution >= 4 is 10.8 Å². The highest BCUT2D eigenvalue weighted by molar-refractivity contribution is 5.85. The minimum Gasteiger partial charge on any atom is -0.298 e. The lowest BCUT2D eigenvalue weighted by Gasteiger charge is -2.15. The van der Waals surface area contributed by atoms with E-state index in [0.717, 1.165) is 19.5 Å². The van der Waals surface area contributed by atoms with Gasteiger partial charge in [0.05, 0.1) is 0 Å². The molecule has 0 bridgehead atoms. The fraction of sp³-hybridized carbons (Fsp3) is 0.333. The first-order valence-corrected chi connectivity index (χ1v) is 8.02. The van der Waals surface area contributed by atoms with Gasteiger partial charge in [0, 0.05) is 19.0 Å². The van der Waals surface area contributed by atoms with E-state index in [1.807, 2.05) is 6.08 Å². The van der Waals surface area contributed by atoms with Crippen molar-refractivity contribution in [2.45, 2.75) is 26.8 Å². The van der Waals surface area contributed by atoms with Crippen LogP contribution in [0.25, 0.3) is 10.8 Å². The van der Waals surface area contributed by atoms with E-state index in [1.165, 1.54) is 16.3 Å². The summed E-state index contributed by atoms with van der Waals surface area (Å²) in [4.78, 5) is 2.31. The van der Waals surface area contributed by atoms with Crippen LogP contribution in [0, 0.1) is 17.8 Å². The van der Waals surface area contributed by atoms with E-state index in [4.69, 9.17) is 0 Å². The van der Waals surface area contributed by atoms with Gasteiger partial charge in [0.2, 0.25) is 0 Å². The second-order valence-corrected chi connectivity index (χ2v) is 5.84. The van der Waals surface area contributed by atoms with Crippen LogP contribution in [0.3, 0.4) is 0 Å². The Hall–Kier alpha value is -2.04. The van der Waals surface area contributed by atoms with Gasteiger partial charge in [-0.2, -0.15) is 0 Å². The molecule has 0 saturated carbocycles. The summed E-state index contributed by atoms with van der Waals surface area (Å²) < 4.78 is 0. The van der Waals surface area contributed by atoms with Crippen LogP contribution in [0.4, 0.5) is 0 Å².